The van der Waals surface area contributed by atoms with Gasteiger partial charge in [0.05, 0.1) is 5.60 Å². The Balaban J connectivity index is 2.34. The van der Waals surface area contributed by atoms with Gasteiger partial charge in [0.15, 0.2) is 0 Å². The molecule has 1 rings (SSSR count). The minimum atomic E-state index is -0.631. The second-order valence-electron chi connectivity index (χ2n) is 6.98. The maximum Gasteiger partial charge on any atom is 0.0869 e. The Bertz CT molecular complexity index is 239. The highest BCUT2D eigenvalue weighted by Crippen LogP contribution is 2.30. The van der Waals surface area contributed by atoms with Gasteiger partial charge in [-0.25, -0.2) is 0 Å². The van der Waals surface area contributed by atoms with Gasteiger partial charge in [0.1, 0.15) is 0 Å². The molecule has 0 amide bonds. The van der Waals surface area contributed by atoms with Crippen LogP contribution in [0.15, 0.2) is 0 Å². The topological polar surface area (TPSA) is 35.5 Å². The van der Waals surface area contributed by atoms with Gasteiger partial charge in [-0.2, -0.15) is 0 Å². The van der Waals surface area contributed by atoms with Gasteiger partial charge in [-0.1, -0.05) is 26.7 Å². The van der Waals surface area contributed by atoms with E-state index in [4.69, 9.17) is 0 Å². The number of aliphatic hydroxyl groups is 1. The van der Waals surface area contributed by atoms with E-state index in [1.165, 1.54) is 25.7 Å². The summed E-state index contributed by atoms with van der Waals surface area (Å²) in [6, 6.07) is 0.597. The average Bonchev–Trinajstić information content (AvgIpc) is 2.25. The van der Waals surface area contributed by atoms with Crippen molar-refractivity contribution >= 4 is 0 Å². The predicted molar refractivity (Wildman–Crippen MR) is 77.8 cm³/mol. The zero-order chi connectivity index (χ0) is 13.8. The maximum atomic E-state index is 10.3. The number of nitrogens with one attached hydrogen (secondary N) is 1. The van der Waals surface area contributed by atoms with Gasteiger partial charge in [0.2, 0.25) is 0 Å². The lowest BCUT2D eigenvalue weighted by molar-refractivity contribution is 0.0288. The van der Waals surface area contributed by atoms with E-state index in [0.717, 1.165) is 11.8 Å². The zero-order valence-corrected chi connectivity index (χ0v) is 12.9. The van der Waals surface area contributed by atoms with Gasteiger partial charge in [-0.3, -0.25) is 0 Å². The monoisotopic (exact) mass is 256 g/mol. The molecule has 0 bridgehead atoms. The van der Waals surface area contributed by atoms with Crippen molar-refractivity contribution < 1.29 is 5.11 Å². The molecule has 0 heterocycles. The highest BCUT2D eigenvalue weighted by molar-refractivity contribution is 4.84. The molecular formula is C15H32N2O. The van der Waals surface area contributed by atoms with Gasteiger partial charge in [-0.05, 0) is 45.7 Å². The molecule has 0 aromatic heterocycles. The number of hydrogen-bond acceptors (Lipinski definition) is 3. The maximum absolute atomic E-state index is 10.3. The van der Waals surface area contributed by atoms with Crippen molar-refractivity contribution in [3.63, 3.8) is 0 Å². The minimum Gasteiger partial charge on any atom is -0.388 e. The number of nitrogens with zero attached hydrogens (tertiary/aromatic N) is 1. The van der Waals surface area contributed by atoms with E-state index in [0.29, 0.717) is 19.1 Å². The van der Waals surface area contributed by atoms with E-state index in [9.17, 15) is 5.11 Å². The van der Waals surface area contributed by atoms with Crippen LogP contribution in [0.3, 0.4) is 0 Å². The van der Waals surface area contributed by atoms with E-state index in [1.807, 2.05) is 25.9 Å². The molecule has 3 atom stereocenters. The fraction of sp³-hybridized carbons (Fsp3) is 1.00. The van der Waals surface area contributed by atoms with Crippen molar-refractivity contribution in [3.8, 4) is 0 Å². The molecule has 108 valence electrons. The predicted octanol–water partition coefficient (Wildman–Crippen LogP) is 2.10. The van der Waals surface area contributed by atoms with Crippen LogP contribution in [0.2, 0.25) is 0 Å². The molecule has 0 spiro atoms. The largest absolute Gasteiger partial charge is 0.388 e. The first-order valence-corrected chi connectivity index (χ1v) is 7.40. The molecule has 0 radical (unpaired) electrons. The molecule has 1 aliphatic carbocycles. The average molecular weight is 256 g/mol. The van der Waals surface area contributed by atoms with E-state index in [1.54, 1.807) is 0 Å². The van der Waals surface area contributed by atoms with Crippen molar-refractivity contribution in [2.24, 2.45) is 11.8 Å². The molecule has 1 aliphatic rings. The van der Waals surface area contributed by atoms with Crippen LogP contribution >= 0.6 is 0 Å². The van der Waals surface area contributed by atoms with Crippen LogP contribution in [0.1, 0.15) is 46.5 Å². The first-order valence-electron chi connectivity index (χ1n) is 7.40. The summed E-state index contributed by atoms with van der Waals surface area (Å²) in [4.78, 5) is 2.04. The van der Waals surface area contributed by atoms with Crippen molar-refractivity contribution in [2.45, 2.75) is 58.1 Å². The number of likely N-dealkylation sites (N-methyl/N-ethyl adjacent to an activating group) is 1. The van der Waals surface area contributed by atoms with Crippen LogP contribution in [-0.2, 0) is 0 Å². The molecule has 0 aromatic carbocycles. The summed E-state index contributed by atoms with van der Waals surface area (Å²) in [7, 11) is 4.01. The minimum absolute atomic E-state index is 0.597. The van der Waals surface area contributed by atoms with Crippen molar-refractivity contribution in [2.75, 3.05) is 27.2 Å². The smallest absolute Gasteiger partial charge is 0.0869 e. The number of rotatable bonds is 6. The molecule has 18 heavy (non-hydrogen) atoms. The van der Waals surface area contributed by atoms with Crippen LogP contribution in [0.5, 0.6) is 0 Å². The van der Waals surface area contributed by atoms with Crippen LogP contribution in [0.25, 0.3) is 0 Å². The molecule has 0 saturated heterocycles. The Hall–Kier alpha value is -0.120. The van der Waals surface area contributed by atoms with Gasteiger partial charge in [-0.15, -0.1) is 0 Å². The molecule has 3 unspecified atom stereocenters. The summed E-state index contributed by atoms with van der Waals surface area (Å²) in [5.74, 6) is 1.65. The van der Waals surface area contributed by atoms with Crippen LogP contribution in [-0.4, -0.2) is 48.8 Å². The Morgan fingerprint density at radius 2 is 2.00 bits per heavy atom. The Kier molecular flexibility index (Phi) is 6.09. The zero-order valence-electron chi connectivity index (χ0n) is 12.9. The third-order valence-corrected chi connectivity index (χ3v) is 4.09. The standard InChI is InChI=1S/C15H32N2O/c1-12(2)13-7-6-8-14(9-13)16-10-15(3,18)11-17(4)5/h12-14,16,18H,6-11H2,1-5H3. The van der Waals surface area contributed by atoms with Gasteiger partial charge < -0.3 is 15.3 Å². The molecule has 0 aliphatic heterocycles. The van der Waals surface area contributed by atoms with Gasteiger partial charge >= 0.3 is 0 Å². The summed E-state index contributed by atoms with van der Waals surface area (Å²) in [5.41, 5.74) is -0.631. The van der Waals surface area contributed by atoms with Crippen molar-refractivity contribution in [1.82, 2.24) is 10.2 Å². The van der Waals surface area contributed by atoms with E-state index in [-0.39, 0.29) is 0 Å². The van der Waals surface area contributed by atoms with E-state index >= 15 is 0 Å². The number of hydrogen-bond donors (Lipinski definition) is 2. The van der Waals surface area contributed by atoms with E-state index < -0.39 is 5.60 Å². The third-order valence-electron chi connectivity index (χ3n) is 4.09. The molecule has 1 saturated carbocycles. The summed E-state index contributed by atoms with van der Waals surface area (Å²) in [6.07, 6.45) is 5.25. The molecule has 2 N–H and O–H groups in total. The highest BCUT2D eigenvalue weighted by Gasteiger charge is 2.27. The Labute approximate surface area is 113 Å². The summed E-state index contributed by atoms with van der Waals surface area (Å²) < 4.78 is 0. The lowest BCUT2D eigenvalue weighted by Gasteiger charge is -2.35. The van der Waals surface area contributed by atoms with Crippen LogP contribution in [0, 0.1) is 11.8 Å². The fourth-order valence-electron chi connectivity index (χ4n) is 3.12. The van der Waals surface area contributed by atoms with Crippen LogP contribution in [0.4, 0.5) is 0 Å². The quantitative estimate of drug-likeness (QED) is 0.764. The van der Waals surface area contributed by atoms with Gasteiger partial charge in [0.25, 0.3) is 0 Å². The van der Waals surface area contributed by atoms with Gasteiger partial charge in [0, 0.05) is 19.1 Å². The lowest BCUT2D eigenvalue weighted by atomic mass is 9.79. The third kappa shape index (κ3) is 5.68. The Morgan fingerprint density at radius 1 is 1.33 bits per heavy atom. The normalized spacial score (nSPS) is 28.7. The highest BCUT2D eigenvalue weighted by atomic mass is 16.3. The molecule has 3 heteroatoms. The first kappa shape index (κ1) is 15.9. The van der Waals surface area contributed by atoms with Crippen molar-refractivity contribution in [3.05, 3.63) is 0 Å². The van der Waals surface area contributed by atoms with Crippen LogP contribution < -0.4 is 5.32 Å². The fourth-order valence-corrected chi connectivity index (χ4v) is 3.12. The molecule has 0 aromatic rings. The molecule has 3 nitrogen and oxygen atoms in total. The second-order valence-corrected chi connectivity index (χ2v) is 6.98. The summed E-state index contributed by atoms with van der Waals surface area (Å²) in [6.45, 7) is 7.98. The SMILES string of the molecule is CC(C)C1CCCC(NCC(C)(O)CN(C)C)C1. The van der Waals surface area contributed by atoms with Crippen molar-refractivity contribution in [1.29, 1.82) is 0 Å². The lowest BCUT2D eigenvalue weighted by Crippen LogP contribution is -2.49. The summed E-state index contributed by atoms with van der Waals surface area (Å²) in [5, 5.41) is 13.9. The second kappa shape index (κ2) is 6.88. The molecule has 1 fully saturated rings. The first-order chi connectivity index (χ1) is 8.30. The summed E-state index contributed by atoms with van der Waals surface area (Å²) >= 11 is 0. The van der Waals surface area contributed by atoms with E-state index in [2.05, 4.69) is 19.2 Å². The Morgan fingerprint density at radius 3 is 2.56 bits per heavy atom. The molecular weight excluding hydrogens is 224 g/mol.